The van der Waals surface area contributed by atoms with E-state index in [9.17, 15) is 9.18 Å². The van der Waals surface area contributed by atoms with E-state index < -0.39 is 0 Å². The molecule has 3 aromatic heterocycles. The lowest BCUT2D eigenvalue weighted by molar-refractivity contribution is 0.0930. The minimum atomic E-state index is -0.308. The fraction of sp³-hybridized carbons (Fsp3) is 0.304. The van der Waals surface area contributed by atoms with Crippen molar-refractivity contribution in [3.63, 3.8) is 0 Å². The molecule has 4 aromatic rings. The van der Waals surface area contributed by atoms with Crippen molar-refractivity contribution in [2.75, 3.05) is 0 Å². The molecule has 7 nitrogen and oxygen atoms in total. The minimum absolute atomic E-state index is 0.165. The van der Waals surface area contributed by atoms with Crippen LogP contribution in [0.25, 0.3) is 16.9 Å². The van der Waals surface area contributed by atoms with E-state index in [1.54, 1.807) is 35.0 Å². The molecule has 0 aliphatic heterocycles. The highest BCUT2D eigenvalue weighted by Crippen LogP contribution is 2.25. The number of aryl methyl sites for hydroxylation is 2. The molecule has 0 radical (unpaired) electrons. The Kier molecular flexibility index (Phi) is 5.54. The van der Waals surface area contributed by atoms with Crippen LogP contribution in [0.2, 0.25) is 0 Å². The molecule has 1 atom stereocenters. The number of nitrogens with zero attached hydrogens (tertiary/aromatic N) is 5. The van der Waals surface area contributed by atoms with E-state index in [4.69, 9.17) is 0 Å². The first kappa shape index (κ1) is 20.7. The predicted octanol–water partition coefficient (Wildman–Crippen LogP) is 4.25. The van der Waals surface area contributed by atoms with Crippen LogP contribution in [0.4, 0.5) is 4.39 Å². The van der Waals surface area contributed by atoms with Crippen molar-refractivity contribution >= 4 is 11.6 Å². The summed E-state index contributed by atoms with van der Waals surface area (Å²) in [6.07, 6.45) is 2.38. The van der Waals surface area contributed by atoms with Crippen molar-refractivity contribution in [1.29, 1.82) is 0 Å². The Morgan fingerprint density at radius 3 is 2.52 bits per heavy atom. The predicted molar refractivity (Wildman–Crippen MR) is 116 cm³/mol. The maximum atomic E-state index is 13.3. The van der Waals surface area contributed by atoms with Crippen LogP contribution in [-0.2, 0) is 6.54 Å². The normalized spacial score (nSPS) is 12.3. The largest absolute Gasteiger partial charge is 0.344 e. The molecule has 0 unspecified atom stereocenters. The number of aromatic nitrogens is 5. The van der Waals surface area contributed by atoms with Gasteiger partial charge >= 0.3 is 0 Å². The molecule has 4 rings (SSSR count). The van der Waals surface area contributed by atoms with E-state index in [0.717, 1.165) is 41.2 Å². The Bertz CT molecular complexity index is 1240. The quantitative estimate of drug-likeness (QED) is 0.506. The van der Waals surface area contributed by atoms with Gasteiger partial charge in [-0.05, 0) is 57.5 Å². The lowest BCUT2D eigenvalue weighted by Gasteiger charge is -2.17. The number of carbonyl (C=O) groups excluding carboxylic acids is 1. The Morgan fingerprint density at radius 2 is 1.87 bits per heavy atom. The van der Waals surface area contributed by atoms with Crippen LogP contribution in [0.1, 0.15) is 53.7 Å². The van der Waals surface area contributed by atoms with Crippen molar-refractivity contribution in [3.05, 3.63) is 71.1 Å². The fourth-order valence-electron chi connectivity index (χ4n) is 3.98. The number of fused-ring (bicyclic) bond motifs is 1. The maximum absolute atomic E-state index is 13.3. The SMILES string of the molecule is CC[C@@H](NC(=O)c1cc2nccc(-c3ccc(F)cc3)n2n1)c1c(C)nn(CC)c1C. The summed E-state index contributed by atoms with van der Waals surface area (Å²) in [6, 6.07) is 9.42. The topological polar surface area (TPSA) is 77.1 Å². The Balaban J connectivity index is 1.66. The van der Waals surface area contributed by atoms with Crippen molar-refractivity contribution < 1.29 is 9.18 Å². The highest BCUT2D eigenvalue weighted by atomic mass is 19.1. The number of amides is 1. The number of halogens is 1. The highest BCUT2D eigenvalue weighted by Gasteiger charge is 2.23. The van der Waals surface area contributed by atoms with Gasteiger partial charge in [-0.25, -0.2) is 13.9 Å². The van der Waals surface area contributed by atoms with E-state index in [2.05, 4.69) is 20.5 Å². The summed E-state index contributed by atoms with van der Waals surface area (Å²) in [5, 5.41) is 12.2. The number of rotatable bonds is 6. The van der Waals surface area contributed by atoms with Crippen LogP contribution >= 0.6 is 0 Å². The summed E-state index contributed by atoms with van der Waals surface area (Å²) in [5.74, 6) is -0.581. The highest BCUT2D eigenvalue weighted by molar-refractivity contribution is 5.93. The zero-order valence-corrected chi connectivity index (χ0v) is 18.1. The van der Waals surface area contributed by atoms with Gasteiger partial charge in [-0.2, -0.15) is 10.2 Å². The smallest absolute Gasteiger partial charge is 0.272 e. The fourth-order valence-corrected chi connectivity index (χ4v) is 3.98. The first-order valence-corrected chi connectivity index (χ1v) is 10.4. The minimum Gasteiger partial charge on any atom is -0.344 e. The molecule has 3 heterocycles. The third-order valence-electron chi connectivity index (χ3n) is 5.53. The monoisotopic (exact) mass is 420 g/mol. The molecule has 1 N–H and O–H groups in total. The summed E-state index contributed by atoms with van der Waals surface area (Å²) in [6.45, 7) is 8.85. The Labute approximate surface area is 179 Å². The molecule has 0 saturated heterocycles. The molecule has 8 heteroatoms. The Morgan fingerprint density at radius 1 is 1.13 bits per heavy atom. The lowest BCUT2D eigenvalue weighted by Crippen LogP contribution is -2.29. The van der Waals surface area contributed by atoms with Crippen LogP contribution in [0, 0.1) is 19.7 Å². The zero-order chi connectivity index (χ0) is 22.1. The van der Waals surface area contributed by atoms with Gasteiger partial charge in [0.05, 0.1) is 17.4 Å². The number of hydrogen-bond donors (Lipinski definition) is 1. The van der Waals surface area contributed by atoms with E-state index in [0.29, 0.717) is 5.65 Å². The van der Waals surface area contributed by atoms with Crippen molar-refractivity contribution in [2.24, 2.45) is 0 Å². The van der Waals surface area contributed by atoms with Gasteiger partial charge in [0.15, 0.2) is 11.3 Å². The second kappa shape index (κ2) is 8.29. The van der Waals surface area contributed by atoms with Gasteiger partial charge in [0.25, 0.3) is 5.91 Å². The van der Waals surface area contributed by atoms with Gasteiger partial charge in [0.2, 0.25) is 0 Å². The molecule has 1 amide bonds. The summed E-state index contributed by atoms with van der Waals surface area (Å²) in [4.78, 5) is 17.4. The molecule has 31 heavy (non-hydrogen) atoms. The van der Waals surface area contributed by atoms with Crippen LogP contribution in [0.15, 0.2) is 42.6 Å². The van der Waals surface area contributed by atoms with Crippen LogP contribution in [0.3, 0.4) is 0 Å². The molecular weight excluding hydrogens is 395 g/mol. The van der Waals surface area contributed by atoms with E-state index in [1.807, 2.05) is 32.4 Å². The third-order valence-corrected chi connectivity index (χ3v) is 5.53. The van der Waals surface area contributed by atoms with E-state index >= 15 is 0 Å². The summed E-state index contributed by atoms with van der Waals surface area (Å²) in [7, 11) is 0. The zero-order valence-electron chi connectivity index (χ0n) is 18.1. The average Bonchev–Trinajstić information content (AvgIpc) is 3.33. The summed E-state index contributed by atoms with van der Waals surface area (Å²) >= 11 is 0. The summed E-state index contributed by atoms with van der Waals surface area (Å²) < 4.78 is 16.9. The number of carbonyl (C=O) groups is 1. The molecule has 0 aliphatic rings. The number of benzene rings is 1. The van der Waals surface area contributed by atoms with Gasteiger partial charge in [-0.3, -0.25) is 9.48 Å². The number of nitrogens with one attached hydrogen (secondary N) is 1. The number of hydrogen-bond acceptors (Lipinski definition) is 4. The van der Waals surface area contributed by atoms with Crippen molar-refractivity contribution in [2.45, 2.75) is 46.7 Å². The van der Waals surface area contributed by atoms with Gasteiger partial charge < -0.3 is 5.32 Å². The Hall–Kier alpha value is -3.55. The van der Waals surface area contributed by atoms with Crippen LogP contribution in [-0.4, -0.2) is 30.3 Å². The molecule has 0 spiro atoms. The molecule has 0 bridgehead atoms. The van der Waals surface area contributed by atoms with Gasteiger partial charge in [-0.15, -0.1) is 0 Å². The first-order chi connectivity index (χ1) is 14.9. The third kappa shape index (κ3) is 3.81. The second-order valence-corrected chi connectivity index (χ2v) is 7.47. The molecule has 160 valence electrons. The van der Waals surface area contributed by atoms with E-state index in [-0.39, 0.29) is 23.5 Å². The molecular formula is C23H25FN6O. The van der Waals surface area contributed by atoms with Crippen LogP contribution in [0.5, 0.6) is 0 Å². The molecule has 0 fully saturated rings. The van der Waals surface area contributed by atoms with Gasteiger partial charge in [0, 0.05) is 35.6 Å². The van der Waals surface area contributed by atoms with Crippen molar-refractivity contribution in [3.8, 4) is 11.3 Å². The molecule has 0 aliphatic carbocycles. The van der Waals surface area contributed by atoms with Gasteiger partial charge in [-0.1, -0.05) is 6.92 Å². The second-order valence-electron chi connectivity index (χ2n) is 7.47. The van der Waals surface area contributed by atoms with Gasteiger partial charge in [0.1, 0.15) is 5.82 Å². The van der Waals surface area contributed by atoms with Crippen molar-refractivity contribution in [1.82, 2.24) is 29.7 Å². The molecule has 1 aromatic carbocycles. The average molecular weight is 420 g/mol. The lowest BCUT2D eigenvalue weighted by atomic mass is 10.0. The van der Waals surface area contributed by atoms with E-state index in [1.165, 1.54) is 12.1 Å². The summed E-state index contributed by atoms with van der Waals surface area (Å²) in [5.41, 5.74) is 5.36. The first-order valence-electron chi connectivity index (χ1n) is 10.4. The van der Waals surface area contributed by atoms with Crippen LogP contribution < -0.4 is 5.32 Å². The maximum Gasteiger partial charge on any atom is 0.272 e. The molecule has 0 saturated carbocycles. The standard InChI is InChI=1S/C23H25FN6O/c1-5-18(22-14(3)27-29(6-2)15(22)4)26-23(31)19-13-21-25-12-11-20(30(21)28-19)16-7-9-17(24)10-8-16/h7-13,18H,5-6H2,1-4H3,(H,26,31)/t18-/m1/s1.